The topological polar surface area (TPSA) is 95.9 Å². The van der Waals surface area contributed by atoms with Gasteiger partial charge in [0.25, 0.3) is 0 Å². The van der Waals surface area contributed by atoms with Gasteiger partial charge in [-0.3, -0.25) is 9.59 Å². The van der Waals surface area contributed by atoms with Crippen LogP contribution in [-0.4, -0.2) is 60.6 Å². The van der Waals surface area contributed by atoms with Crippen molar-refractivity contribution in [3.8, 4) is 0 Å². The Hall–Kier alpha value is -2.41. The molecule has 2 rings (SSSR count). The van der Waals surface area contributed by atoms with E-state index in [2.05, 4.69) is 5.32 Å². The van der Waals surface area contributed by atoms with Crippen LogP contribution in [-0.2, 0) is 25.5 Å². The lowest BCUT2D eigenvalue weighted by Gasteiger charge is -2.31. The van der Waals surface area contributed by atoms with Crippen LogP contribution in [0.3, 0.4) is 0 Å². The number of carbonyl (C=O) groups excluding carboxylic acids is 2. The van der Waals surface area contributed by atoms with Crippen LogP contribution >= 0.6 is 0 Å². The van der Waals surface area contributed by atoms with Gasteiger partial charge in [0.15, 0.2) is 6.10 Å². The summed E-state index contributed by atoms with van der Waals surface area (Å²) < 4.78 is 4.79. The molecule has 7 nitrogen and oxygen atoms in total. The number of aliphatic carboxylic acids is 1. The van der Waals surface area contributed by atoms with Gasteiger partial charge in [-0.1, -0.05) is 30.3 Å². The number of amides is 2. The van der Waals surface area contributed by atoms with Gasteiger partial charge in [-0.05, 0) is 24.8 Å². The van der Waals surface area contributed by atoms with Gasteiger partial charge in [0.05, 0.1) is 6.54 Å². The van der Waals surface area contributed by atoms with E-state index < -0.39 is 12.1 Å². The third kappa shape index (κ3) is 5.84. The lowest BCUT2D eigenvalue weighted by molar-refractivity contribution is -0.148. The first-order valence-corrected chi connectivity index (χ1v) is 8.86. The molecule has 0 bridgehead atoms. The van der Waals surface area contributed by atoms with E-state index in [0.29, 0.717) is 38.8 Å². The quantitative estimate of drug-likeness (QED) is 0.721. The van der Waals surface area contributed by atoms with Gasteiger partial charge in [-0.15, -0.1) is 0 Å². The fourth-order valence-electron chi connectivity index (χ4n) is 3.05. The number of methoxy groups -OCH3 is 1. The monoisotopic (exact) mass is 362 g/mol. The zero-order valence-electron chi connectivity index (χ0n) is 15.0. The fourth-order valence-corrected chi connectivity index (χ4v) is 3.05. The molecule has 0 aliphatic carbocycles. The largest absolute Gasteiger partial charge is 0.479 e. The summed E-state index contributed by atoms with van der Waals surface area (Å²) in [5, 5.41) is 11.5. The minimum atomic E-state index is -1.10. The first-order valence-electron chi connectivity index (χ1n) is 8.86. The summed E-state index contributed by atoms with van der Waals surface area (Å²) in [6, 6.07) is 9.89. The van der Waals surface area contributed by atoms with Crippen LogP contribution in [0.25, 0.3) is 0 Å². The zero-order chi connectivity index (χ0) is 18.9. The van der Waals surface area contributed by atoms with E-state index in [1.54, 1.807) is 0 Å². The molecule has 1 heterocycles. The number of benzene rings is 1. The Labute approximate surface area is 153 Å². The Morgan fingerprint density at radius 2 is 1.88 bits per heavy atom. The maximum atomic E-state index is 12.3. The number of rotatable bonds is 8. The number of likely N-dealkylation sites (tertiary alicyclic amines) is 1. The molecule has 1 saturated heterocycles. The van der Waals surface area contributed by atoms with Crippen LogP contribution in [0.1, 0.15) is 24.8 Å². The second kappa shape index (κ2) is 9.91. The van der Waals surface area contributed by atoms with Crippen molar-refractivity contribution in [2.75, 3.05) is 26.7 Å². The van der Waals surface area contributed by atoms with Crippen LogP contribution < -0.4 is 5.32 Å². The molecule has 1 aliphatic heterocycles. The molecule has 1 aliphatic rings. The standard InChI is InChI=1S/C19H26N2O5/c1-26-16(19(24)25)13-20-18(23)15-9-11-21(12-10-15)17(22)8-7-14-5-3-2-4-6-14/h2-6,15-16H,7-13H2,1H3,(H,20,23)(H,24,25). The van der Waals surface area contributed by atoms with E-state index in [0.717, 1.165) is 5.56 Å². The highest BCUT2D eigenvalue weighted by Gasteiger charge is 2.28. The summed E-state index contributed by atoms with van der Waals surface area (Å²) in [7, 11) is 1.30. The molecule has 26 heavy (non-hydrogen) atoms. The van der Waals surface area contributed by atoms with Crippen molar-refractivity contribution < 1.29 is 24.2 Å². The van der Waals surface area contributed by atoms with Crippen LogP contribution in [0.15, 0.2) is 30.3 Å². The van der Waals surface area contributed by atoms with Gasteiger partial charge in [0, 0.05) is 32.5 Å². The zero-order valence-corrected chi connectivity index (χ0v) is 15.0. The van der Waals surface area contributed by atoms with Gasteiger partial charge in [0.1, 0.15) is 0 Å². The number of carboxylic acid groups (broad SMARTS) is 1. The number of hydrogen-bond acceptors (Lipinski definition) is 4. The molecule has 1 atom stereocenters. The molecule has 0 saturated carbocycles. The number of nitrogens with zero attached hydrogens (tertiary/aromatic N) is 1. The molecule has 0 spiro atoms. The number of carbonyl (C=O) groups is 3. The smallest absolute Gasteiger partial charge is 0.334 e. The summed E-state index contributed by atoms with van der Waals surface area (Å²) >= 11 is 0. The summed E-state index contributed by atoms with van der Waals surface area (Å²) in [4.78, 5) is 37.2. The number of ether oxygens (including phenoxy) is 1. The van der Waals surface area contributed by atoms with E-state index in [-0.39, 0.29) is 24.3 Å². The number of aryl methyl sites for hydroxylation is 1. The van der Waals surface area contributed by atoms with Crippen molar-refractivity contribution >= 4 is 17.8 Å². The van der Waals surface area contributed by atoms with Crippen LogP contribution in [0.5, 0.6) is 0 Å². The Morgan fingerprint density at radius 1 is 1.23 bits per heavy atom. The van der Waals surface area contributed by atoms with Crippen molar-refractivity contribution in [1.82, 2.24) is 10.2 Å². The predicted octanol–water partition coefficient (Wildman–Crippen LogP) is 1.07. The first kappa shape index (κ1) is 19.9. The molecule has 0 aromatic heterocycles. The van der Waals surface area contributed by atoms with Crippen molar-refractivity contribution in [3.05, 3.63) is 35.9 Å². The maximum absolute atomic E-state index is 12.3. The molecular formula is C19H26N2O5. The van der Waals surface area contributed by atoms with Crippen molar-refractivity contribution in [3.63, 3.8) is 0 Å². The normalized spacial score (nSPS) is 16.1. The highest BCUT2D eigenvalue weighted by Crippen LogP contribution is 2.18. The summed E-state index contributed by atoms with van der Waals surface area (Å²) in [5.74, 6) is -1.37. The Morgan fingerprint density at radius 3 is 2.46 bits per heavy atom. The highest BCUT2D eigenvalue weighted by atomic mass is 16.5. The van der Waals surface area contributed by atoms with Crippen molar-refractivity contribution in [1.29, 1.82) is 0 Å². The maximum Gasteiger partial charge on any atom is 0.334 e. The van der Waals surface area contributed by atoms with Gasteiger partial charge in [0.2, 0.25) is 11.8 Å². The summed E-state index contributed by atoms with van der Waals surface area (Å²) in [5.41, 5.74) is 1.14. The molecule has 0 radical (unpaired) electrons. The number of piperidine rings is 1. The van der Waals surface area contributed by atoms with Crippen LogP contribution in [0.4, 0.5) is 0 Å². The third-order valence-corrected chi connectivity index (χ3v) is 4.71. The molecule has 142 valence electrons. The van der Waals surface area contributed by atoms with E-state index in [9.17, 15) is 14.4 Å². The number of nitrogens with one attached hydrogen (secondary N) is 1. The van der Waals surface area contributed by atoms with E-state index in [1.807, 2.05) is 35.2 Å². The predicted molar refractivity (Wildman–Crippen MR) is 95.5 cm³/mol. The fraction of sp³-hybridized carbons (Fsp3) is 0.526. The Bertz CT molecular complexity index is 612. The molecular weight excluding hydrogens is 336 g/mol. The molecule has 1 fully saturated rings. The second-order valence-electron chi connectivity index (χ2n) is 6.45. The Balaban J connectivity index is 1.71. The van der Waals surface area contributed by atoms with E-state index in [1.165, 1.54) is 7.11 Å². The second-order valence-corrected chi connectivity index (χ2v) is 6.45. The summed E-state index contributed by atoms with van der Waals surface area (Å²) in [6.45, 7) is 1.05. The molecule has 1 aromatic carbocycles. The SMILES string of the molecule is COC(CNC(=O)C1CCN(C(=O)CCc2ccccc2)CC1)C(=O)O. The van der Waals surface area contributed by atoms with Gasteiger partial charge in [-0.25, -0.2) is 4.79 Å². The average Bonchev–Trinajstić information content (AvgIpc) is 2.67. The first-order chi connectivity index (χ1) is 12.5. The van der Waals surface area contributed by atoms with Gasteiger partial charge in [-0.2, -0.15) is 0 Å². The molecule has 1 aromatic rings. The van der Waals surface area contributed by atoms with E-state index in [4.69, 9.17) is 9.84 Å². The molecule has 2 N–H and O–H groups in total. The minimum absolute atomic E-state index is 0.0547. The lowest BCUT2D eigenvalue weighted by Crippen LogP contribution is -2.45. The summed E-state index contributed by atoms with van der Waals surface area (Å²) in [6.07, 6.45) is 1.32. The lowest BCUT2D eigenvalue weighted by atomic mass is 9.95. The molecule has 2 amide bonds. The average molecular weight is 362 g/mol. The number of hydrogen-bond donors (Lipinski definition) is 2. The minimum Gasteiger partial charge on any atom is -0.479 e. The molecule has 7 heteroatoms. The highest BCUT2D eigenvalue weighted by molar-refractivity contribution is 5.81. The van der Waals surface area contributed by atoms with Gasteiger partial charge < -0.3 is 20.1 Å². The van der Waals surface area contributed by atoms with Gasteiger partial charge >= 0.3 is 5.97 Å². The Kier molecular flexibility index (Phi) is 7.59. The van der Waals surface area contributed by atoms with Crippen molar-refractivity contribution in [2.45, 2.75) is 31.8 Å². The van der Waals surface area contributed by atoms with Crippen LogP contribution in [0, 0.1) is 5.92 Å². The van der Waals surface area contributed by atoms with Crippen molar-refractivity contribution in [2.24, 2.45) is 5.92 Å². The molecule has 1 unspecified atom stereocenters. The van der Waals surface area contributed by atoms with Crippen LogP contribution in [0.2, 0.25) is 0 Å². The van der Waals surface area contributed by atoms with E-state index >= 15 is 0 Å². The number of carboxylic acids is 1. The third-order valence-electron chi connectivity index (χ3n) is 4.71.